The van der Waals surface area contributed by atoms with Gasteiger partial charge in [-0.15, -0.1) is 0 Å². The first-order chi connectivity index (χ1) is 13.1. The Bertz CT molecular complexity index is 911. The quantitative estimate of drug-likeness (QED) is 0.803. The lowest BCUT2D eigenvalue weighted by atomic mass is 10.1. The average Bonchev–Trinajstić information content (AvgIpc) is 3.00. The zero-order valence-corrected chi connectivity index (χ0v) is 14.4. The summed E-state index contributed by atoms with van der Waals surface area (Å²) in [6.45, 7) is 0.966. The van der Waals surface area contributed by atoms with E-state index in [1.54, 1.807) is 42.5 Å². The van der Waals surface area contributed by atoms with Gasteiger partial charge in [-0.2, -0.15) is 0 Å². The van der Waals surface area contributed by atoms with Gasteiger partial charge in [0, 0.05) is 17.3 Å². The van der Waals surface area contributed by atoms with Gasteiger partial charge in [0.2, 0.25) is 5.91 Å². The highest BCUT2D eigenvalue weighted by molar-refractivity contribution is 6.06. The molecule has 2 aromatic rings. The minimum absolute atomic E-state index is 0.0234. The number of nitrogens with zero attached hydrogens (tertiary/aromatic N) is 1. The Hall–Kier alpha value is -3.55. The lowest BCUT2D eigenvalue weighted by molar-refractivity contribution is -0.125. The van der Waals surface area contributed by atoms with E-state index in [0.717, 1.165) is 4.90 Å². The van der Waals surface area contributed by atoms with Gasteiger partial charge < -0.3 is 20.1 Å². The Morgan fingerprint density at radius 3 is 2.63 bits per heavy atom. The molecule has 4 rings (SSSR count). The zero-order valence-electron chi connectivity index (χ0n) is 14.4. The van der Waals surface area contributed by atoms with Crippen molar-refractivity contribution in [3.63, 3.8) is 0 Å². The number of hydrogen-bond acceptors (Lipinski definition) is 5. The largest absolute Gasteiger partial charge is 0.486 e. The standard InChI is InChI=1S/C19H17N3O5/c23-17-10-20-19(25)22(17)11-12-3-1-2-4-14(12)18(24)21-13-5-6-15-16(9-13)27-8-7-26-15/h1-6,9H,7-8,10-11H2,(H,20,25)(H,21,24). The lowest BCUT2D eigenvalue weighted by Crippen LogP contribution is -2.31. The van der Waals surface area contributed by atoms with Crippen LogP contribution in [0.15, 0.2) is 42.5 Å². The van der Waals surface area contributed by atoms with Crippen molar-refractivity contribution < 1.29 is 23.9 Å². The first-order valence-corrected chi connectivity index (χ1v) is 8.49. The molecule has 27 heavy (non-hydrogen) atoms. The van der Waals surface area contributed by atoms with Gasteiger partial charge in [0.15, 0.2) is 11.5 Å². The fourth-order valence-electron chi connectivity index (χ4n) is 2.98. The van der Waals surface area contributed by atoms with Gasteiger partial charge in [-0.1, -0.05) is 18.2 Å². The molecule has 0 radical (unpaired) electrons. The van der Waals surface area contributed by atoms with E-state index in [0.29, 0.717) is 41.5 Å². The van der Waals surface area contributed by atoms with Crippen LogP contribution >= 0.6 is 0 Å². The number of urea groups is 1. The topological polar surface area (TPSA) is 97.0 Å². The number of hydrogen-bond donors (Lipinski definition) is 2. The maximum Gasteiger partial charge on any atom is 0.324 e. The minimum atomic E-state index is -0.456. The third kappa shape index (κ3) is 3.41. The SMILES string of the molecule is O=C(Nc1ccc2c(c1)OCCO2)c1ccccc1CN1C(=O)CNC1=O. The van der Waals surface area contributed by atoms with Crippen LogP contribution in [0.3, 0.4) is 0 Å². The second kappa shape index (κ2) is 6.99. The fourth-order valence-corrected chi connectivity index (χ4v) is 2.98. The van der Waals surface area contributed by atoms with Gasteiger partial charge in [-0.05, 0) is 23.8 Å². The number of nitrogens with one attached hydrogen (secondary N) is 2. The number of imide groups is 1. The van der Waals surface area contributed by atoms with E-state index in [1.807, 2.05) is 0 Å². The summed E-state index contributed by atoms with van der Waals surface area (Å²) >= 11 is 0. The smallest absolute Gasteiger partial charge is 0.324 e. The Morgan fingerprint density at radius 1 is 1.07 bits per heavy atom. The molecule has 0 spiro atoms. The van der Waals surface area contributed by atoms with Crippen LogP contribution in [0.1, 0.15) is 15.9 Å². The molecule has 2 aliphatic rings. The van der Waals surface area contributed by atoms with Gasteiger partial charge in [-0.25, -0.2) is 4.79 Å². The van der Waals surface area contributed by atoms with Crippen LogP contribution < -0.4 is 20.1 Å². The molecule has 2 heterocycles. The number of amides is 4. The fraction of sp³-hybridized carbons (Fsp3) is 0.211. The maximum atomic E-state index is 12.8. The lowest BCUT2D eigenvalue weighted by Gasteiger charge is -2.19. The summed E-state index contributed by atoms with van der Waals surface area (Å²) in [6.07, 6.45) is 0. The molecular formula is C19H17N3O5. The molecule has 8 nitrogen and oxygen atoms in total. The van der Waals surface area contributed by atoms with Crippen molar-refractivity contribution in [3.05, 3.63) is 53.6 Å². The summed E-state index contributed by atoms with van der Waals surface area (Å²) in [5.41, 5.74) is 1.53. The molecule has 2 aromatic carbocycles. The average molecular weight is 367 g/mol. The molecule has 4 amide bonds. The molecule has 0 aromatic heterocycles. The first kappa shape index (κ1) is 16.9. The van der Waals surface area contributed by atoms with Crippen molar-refractivity contribution in [1.82, 2.24) is 10.2 Å². The summed E-state index contributed by atoms with van der Waals surface area (Å²) in [4.78, 5) is 37.4. The number of ether oxygens (including phenoxy) is 2. The van der Waals surface area contributed by atoms with E-state index in [1.165, 1.54) is 0 Å². The number of anilines is 1. The predicted octanol–water partition coefficient (Wildman–Crippen LogP) is 1.76. The molecular weight excluding hydrogens is 350 g/mol. The molecule has 8 heteroatoms. The van der Waals surface area contributed by atoms with Crippen LogP contribution in [0.5, 0.6) is 11.5 Å². The van der Waals surface area contributed by atoms with Crippen molar-refractivity contribution in [2.45, 2.75) is 6.54 Å². The van der Waals surface area contributed by atoms with Gasteiger partial charge in [0.25, 0.3) is 5.91 Å². The second-order valence-corrected chi connectivity index (χ2v) is 6.11. The minimum Gasteiger partial charge on any atom is -0.486 e. The van der Waals surface area contributed by atoms with Gasteiger partial charge in [0.1, 0.15) is 13.2 Å². The van der Waals surface area contributed by atoms with E-state index in [2.05, 4.69) is 10.6 Å². The van der Waals surface area contributed by atoms with Crippen molar-refractivity contribution in [3.8, 4) is 11.5 Å². The van der Waals surface area contributed by atoms with Crippen molar-refractivity contribution in [2.24, 2.45) is 0 Å². The Kier molecular flexibility index (Phi) is 4.37. The number of benzene rings is 2. The Labute approximate surface area is 155 Å². The molecule has 0 atom stereocenters. The molecule has 1 saturated heterocycles. The van der Waals surface area contributed by atoms with E-state index in [4.69, 9.17) is 9.47 Å². The summed E-state index contributed by atoms with van der Waals surface area (Å²) in [6, 6.07) is 11.6. The van der Waals surface area contributed by atoms with E-state index in [-0.39, 0.29) is 24.9 Å². The normalized spacial score (nSPS) is 15.5. The van der Waals surface area contributed by atoms with Gasteiger partial charge >= 0.3 is 6.03 Å². The Morgan fingerprint density at radius 2 is 1.85 bits per heavy atom. The van der Waals surface area contributed by atoms with Crippen LogP contribution in [0, 0.1) is 0 Å². The van der Waals surface area contributed by atoms with Crippen molar-refractivity contribution in [1.29, 1.82) is 0 Å². The molecule has 0 bridgehead atoms. The van der Waals surface area contributed by atoms with Crippen LogP contribution in [-0.2, 0) is 11.3 Å². The number of carbonyl (C=O) groups excluding carboxylic acids is 3. The summed E-state index contributed by atoms with van der Waals surface area (Å²) < 4.78 is 11.0. The number of fused-ring (bicyclic) bond motifs is 1. The number of rotatable bonds is 4. The Balaban J connectivity index is 1.54. The molecule has 1 fully saturated rings. The second-order valence-electron chi connectivity index (χ2n) is 6.11. The van der Waals surface area contributed by atoms with Crippen LogP contribution in [0.25, 0.3) is 0 Å². The predicted molar refractivity (Wildman–Crippen MR) is 95.8 cm³/mol. The number of carbonyl (C=O) groups is 3. The third-order valence-electron chi connectivity index (χ3n) is 4.33. The van der Waals surface area contributed by atoms with Crippen LogP contribution in [0.2, 0.25) is 0 Å². The summed E-state index contributed by atoms with van der Waals surface area (Å²) in [7, 11) is 0. The van der Waals surface area contributed by atoms with E-state index < -0.39 is 6.03 Å². The summed E-state index contributed by atoms with van der Waals surface area (Å²) in [5, 5.41) is 5.29. The van der Waals surface area contributed by atoms with Crippen molar-refractivity contribution in [2.75, 3.05) is 25.1 Å². The van der Waals surface area contributed by atoms with Gasteiger partial charge in [-0.3, -0.25) is 14.5 Å². The highest BCUT2D eigenvalue weighted by atomic mass is 16.6. The molecule has 2 N–H and O–H groups in total. The highest BCUT2D eigenvalue weighted by Crippen LogP contribution is 2.32. The summed E-state index contributed by atoms with van der Waals surface area (Å²) in [5.74, 6) is 0.557. The first-order valence-electron chi connectivity index (χ1n) is 8.49. The monoisotopic (exact) mass is 367 g/mol. The molecule has 0 aliphatic carbocycles. The molecule has 0 unspecified atom stereocenters. The van der Waals surface area contributed by atoms with Gasteiger partial charge in [0.05, 0.1) is 13.1 Å². The van der Waals surface area contributed by atoms with Crippen molar-refractivity contribution >= 4 is 23.5 Å². The molecule has 138 valence electrons. The van der Waals surface area contributed by atoms with Crippen LogP contribution in [-0.4, -0.2) is 42.5 Å². The third-order valence-corrected chi connectivity index (χ3v) is 4.33. The zero-order chi connectivity index (χ0) is 18.8. The molecule has 0 saturated carbocycles. The van der Waals surface area contributed by atoms with E-state index >= 15 is 0 Å². The highest BCUT2D eigenvalue weighted by Gasteiger charge is 2.29. The molecule has 2 aliphatic heterocycles. The maximum absolute atomic E-state index is 12.8. The van der Waals surface area contributed by atoms with Crippen LogP contribution in [0.4, 0.5) is 10.5 Å². The van der Waals surface area contributed by atoms with E-state index in [9.17, 15) is 14.4 Å².